The van der Waals surface area contributed by atoms with Crippen LogP contribution < -0.4 is 5.32 Å². The lowest BCUT2D eigenvalue weighted by atomic mass is 9.91. The van der Waals surface area contributed by atoms with E-state index in [9.17, 15) is 14.4 Å². The number of esters is 2. The molecule has 122 valence electrons. The molecule has 1 N–H and O–H groups in total. The van der Waals surface area contributed by atoms with E-state index in [0.29, 0.717) is 6.41 Å². The molecular formula is C15H27NO5. The van der Waals surface area contributed by atoms with Crippen LogP contribution in [0.5, 0.6) is 0 Å². The monoisotopic (exact) mass is 301 g/mol. The zero-order chi connectivity index (χ0) is 16.9. The van der Waals surface area contributed by atoms with Crippen molar-refractivity contribution in [1.29, 1.82) is 0 Å². The third kappa shape index (κ3) is 7.11. The van der Waals surface area contributed by atoms with Crippen LogP contribution in [0, 0.1) is 0 Å². The molecular weight excluding hydrogens is 274 g/mol. The summed E-state index contributed by atoms with van der Waals surface area (Å²) in [5.74, 6) is -1.21. The first-order chi connectivity index (χ1) is 9.35. The number of carbonyl (C=O) groups excluding carboxylic acids is 3. The SMILES string of the molecule is CCC(CC(=O)OC(C)(C)C)(NC=O)C(=O)OC(C)(C)C. The highest BCUT2D eigenvalue weighted by Crippen LogP contribution is 2.23. The Morgan fingerprint density at radius 2 is 1.48 bits per heavy atom. The minimum Gasteiger partial charge on any atom is -0.460 e. The summed E-state index contributed by atoms with van der Waals surface area (Å²) in [6.07, 6.45) is 0.353. The zero-order valence-electron chi connectivity index (χ0n) is 14.0. The summed E-state index contributed by atoms with van der Waals surface area (Å²) in [5, 5.41) is 2.43. The number of hydrogen-bond donors (Lipinski definition) is 1. The van der Waals surface area contributed by atoms with Crippen LogP contribution in [0.1, 0.15) is 61.3 Å². The van der Waals surface area contributed by atoms with Gasteiger partial charge in [-0.1, -0.05) is 6.92 Å². The molecule has 0 aromatic carbocycles. The summed E-state index contributed by atoms with van der Waals surface area (Å²) in [5.41, 5.74) is -2.78. The average molecular weight is 301 g/mol. The second-order valence-electron chi connectivity index (χ2n) is 6.96. The molecule has 0 bridgehead atoms. The van der Waals surface area contributed by atoms with E-state index in [1.54, 1.807) is 48.5 Å². The van der Waals surface area contributed by atoms with E-state index in [1.807, 2.05) is 0 Å². The van der Waals surface area contributed by atoms with Gasteiger partial charge in [0.15, 0.2) is 0 Å². The summed E-state index contributed by atoms with van der Waals surface area (Å²) in [6.45, 7) is 12.1. The van der Waals surface area contributed by atoms with Crippen LogP contribution in [-0.2, 0) is 23.9 Å². The number of ether oxygens (including phenoxy) is 2. The van der Waals surface area contributed by atoms with E-state index in [-0.39, 0.29) is 12.8 Å². The van der Waals surface area contributed by atoms with Crippen molar-refractivity contribution < 1.29 is 23.9 Å². The first-order valence-corrected chi connectivity index (χ1v) is 7.02. The predicted molar refractivity (Wildman–Crippen MR) is 78.5 cm³/mol. The Balaban J connectivity index is 5.21. The summed E-state index contributed by atoms with van der Waals surface area (Å²) in [7, 11) is 0. The number of hydrogen-bond acceptors (Lipinski definition) is 5. The third-order valence-corrected chi connectivity index (χ3v) is 2.59. The minimum atomic E-state index is -1.41. The first kappa shape index (κ1) is 19.4. The van der Waals surface area contributed by atoms with E-state index >= 15 is 0 Å². The van der Waals surface area contributed by atoms with Crippen molar-refractivity contribution in [1.82, 2.24) is 5.32 Å². The van der Waals surface area contributed by atoms with Crippen molar-refractivity contribution in [3.8, 4) is 0 Å². The highest BCUT2D eigenvalue weighted by molar-refractivity contribution is 5.89. The van der Waals surface area contributed by atoms with Crippen molar-refractivity contribution in [3.05, 3.63) is 0 Å². The molecule has 0 spiro atoms. The maximum absolute atomic E-state index is 12.4. The molecule has 0 rings (SSSR count). The summed E-state index contributed by atoms with van der Waals surface area (Å²) >= 11 is 0. The molecule has 0 saturated heterocycles. The topological polar surface area (TPSA) is 81.7 Å². The fourth-order valence-corrected chi connectivity index (χ4v) is 1.67. The quantitative estimate of drug-likeness (QED) is 0.599. The largest absolute Gasteiger partial charge is 0.460 e. The van der Waals surface area contributed by atoms with Gasteiger partial charge in [-0.15, -0.1) is 0 Å². The maximum atomic E-state index is 12.4. The van der Waals surface area contributed by atoms with Gasteiger partial charge >= 0.3 is 11.9 Å². The van der Waals surface area contributed by atoms with Crippen molar-refractivity contribution in [2.24, 2.45) is 0 Å². The Bertz CT molecular complexity index is 392. The van der Waals surface area contributed by atoms with Gasteiger partial charge in [-0.3, -0.25) is 9.59 Å². The van der Waals surface area contributed by atoms with Crippen LogP contribution in [0.3, 0.4) is 0 Å². The molecule has 21 heavy (non-hydrogen) atoms. The average Bonchev–Trinajstić information content (AvgIpc) is 2.23. The normalized spacial score (nSPS) is 14.8. The highest BCUT2D eigenvalue weighted by Gasteiger charge is 2.43. The Morgan fingerprint density at radius 1 is 1.00 bits per heavy atom. The van der Waals surface area contributed by atoms with Gasteiger partial charge in [0, 0.05) is 0 Å². The smallest absolute Gasteiger partial charge is 0.332 e. The van der Waals surface area contributed by atoms with E-state index in [2.05, 4.69) is 5.32 Å². The second-order valence-corrected chi connectivity index (χ2v) is 6.96. The highest BCUT2D eigenvalue weighted by atomic mass is 16.6. The Kier molecular flexibility index (Phi) is 6.39. The van der Waals surface area contributed by atoms with Gasteiger partial charge in [0.1, 0.15) is 16.7 Å². The number of nitrogens with one attached hydrogen (secondary N) is 1. The molecule has 0 radical (unpaired) electrons. The van der Waals surface area contributed by atoms with Crippen molar-refractivity contribution in [2.45, 2.75) is 78.0 Å². The molecule has 0 aliphatic rings. The van der Waals surface area contributed by atoms with Crippen LogP contribution >= 0.6 is 0 Å². The lowest BCUT2D eigenvalue weighted by Crippen LogP contribution is -2.55. The number of carbonyl (C=O) groups is 3. The Morgan fingerprint density at radius 3 is 1.81 bits per heavy atom. The molecule has 6 nitrogen and oxygen atoms in total. The molecule has 0 heterocycles. The number of amides is 1. The number of rotatable bonds is 6. The van der Waals surface area contributed by atoms with Gasteiger partial charge in [-0.25, -0.2) is 4.79 Å². The van der Waals surface area contributed by atoms with Gasteiger partial charge in [0.05, 0.1) is 6.42 Å². The lowest BCUT2D eigenvalue weighted by Gasteiger charge is -2.33. The van der Waals surface area contributed by atoms with Crippen LogP contribution in [0.2, 0.25) is 0 Å². The van der Waals surface area contributed by atoms with Crippen molar-refractivity contribution in [3.63, 3.8) is 0 Å². The van der Waals surface area contributed by atoms with Crippen LogP contribution in [0.4, 0.5) is 0 Å². The summed E-state index contributed by atoms with van der Waals surface area (Å²) < 4.78 is 10.5. The Labute approximate surface area is 126 Å². The van der Waals surface area contributed by atoms with E-state index < -0.39 is 28.7 Å². The molecule has 0 fully saturated rings. The van der Waals surface area contributed by atoms with Crippen molar-refractivity contribution in [2.75, 3.05) is 0 Å². The van der Waals surface area contributed by atoms with Crippen LogP contribution in [-0.4, -0.2) is 35.1 Å². The predicted octanol–water partition coefficient (Wildman–Crippen LogP) is 1.95. The fourth-order valence-electron chi connectivity index (χ4n) is 1.67. The van der Waals surface area contributed by atoms with E-state index in [1.165, 1.54) is 0 Å². The zero-order valence-corrected chi connectivity index (χ0v) is 14.0. The van der Waals surface area contributed by atoms with Crippen molar-refractivity contribution >= 4 is 18.3 Å². The molecule has 0 aliphatic carbocycles. The standard InChI is InChI=1S/C15H27NO5/c1-8-15(16-10-17,12(19)21-14(5,6)7)9-11(18)20-13(2,3)4/h10H,8-9H2,1-7H3,(H,16,17). The lowest BCUT2D eigenvalue weighted by molar-refractivity contribution is -0.171. The molecule has 1 unspecified atom stereocenters. The molecule has 0 aliphatic heterocycles. The summed E-state index contributed by atoms with van der Waals surface area (Å²) in [4.78, 5) is 35.2. The molecule has 0 saturated carbocycles. The van der Waals surface area contributed by atoms with Crippen LogP contribution in [0.25, 0.3) is 0 Å². The van der Waals surface area contributed by atoms with E-state index in [0.717, 1.165) is 0 Å². The fraction of sp³-hybridized carbons (Fsp3) is 0.800. The Hall–Kier alpha value is -1.59. The van der Waals surface area contributed by atoms with Crippen LogP contribution in [0.15, 0.2) is 0 Å². The first-order valence-electron chi connectivity index (χ1n) is 7.02. The molecule has 1 amide bonds. The summed E-state index contributed by atoms with van der Waals surface area (Å²) in [6, 6.07) is 0. The van der Waals surface area contributed by atoms with Gasteiger partial charge in [-0.2, -0.15) is 0 Å². The molecule has 0 aromatic heterocycles. The van der Waals surface area contributed by atoms with Gasteiger partial charge in [0.25, 0.3) is 0 Å². The minimum absolute atomic E-state index is 0.222. The van der Waals surface area contributed by atoms with Gasteiger partial charge in [-0.05, 0) is 48.0 Å². The molecule has 6 heteroatoms. The maximum Gasteiger partial charge on any atom is 0.332 e. The van der Waals surface area contributed by atoms with E-state index in [4.69, 9.17) is 9.47 Å². The second kappa shape index (κ2) is 6.91. The molecule has 1 atom stereocenters. The third-order valence-electron chi connectivity index (χ3n) is 2.59. The molecule has 0 aromatic rings. The van der Waals surface area contributed by atoms with Gasteiger partial charge in [0.2, 0.25) is 6.41 Å². The van der Waals surface area contributed by atoms with Gasteiger partial charge < -0.3 is 14.8 Å².